The molecular formula is C50H67N11O10S2. The molecule has 0 saturated carbocycles. The Morgan fingerprint density at radius 3 is 1.96 bits per heavy atom. The van der Waals surface area contributed by atoms with Crippen LogP contribution in [0.2, 0.25) is 0 Å². The quantitative estimate of drug-likeness (QED) is 0.0448. The van der Waals surface area contributed by atoms with E-state index < -0.39 is 108 Å². The second-order valence-electron chi connectivity index (χ2n) is 18.0. The maximum atomic E-state index is 14.8. The fraction of sp³-hybridized carbons (Fsp3) is 0.440. The highest BCUT2D eigenvalue weighted by Crippen LogP contribution is 2.26. The lowest BCUT2D eigenvalue weighted by Crippen LogP contribution is -2.63. The Balaban J connectivity index is 1.59. The van der Waals surface area contributed by atoms with Gasteiger partial charge in [0.05, 0.1) is 18.2 Å². The van der Waals surface area contributed by atoms with Gasteiger partial charge < -0.3 is 69.2 Å². The van der Waals surface area contributed by atoms with Crippen molar-refractivity contribution in [2.75, 3.05) is 25.1 Å². The van der Waals surface area contributed by atoms with Crippen LogP contribution in [-0.2, 0) is 57.6 Å². The van der Waals surface area contributed by atoms with Crippen molar-refractivity contribution in [3.05, 3.63) is 108 Å². The largest absolute Gasteiger partial charge is 0.391 e. The van der Waals surface area contributed by atoms with Crippen LogP contribution >= 0.6 is 21.6 Å². The molecule has 2 heterocycles. The van der Waals surface area contributed by atoms with Crippen molar-refractivity contribution in [3.63, 3.8) is 0 Å². The van der Waals surface area contributed by atoms with Crippen LogP contribution in [0, 0.1) is 0 Å². The highest BCUT2D eigenvalue weighted by molar-refractivity contribution is 8.76. The van der Waals surface area contributed by atoms with Gasteiger partial charge in [-0.3, -0.25) is 38.4 Å². The monoisotopic (exact) mass is 1050 g/mol. The van der Waals surface area contributed by atoms with Gasteiger partial charge in [0.2, 0.25) is 47.3 Å². The van der Waals surface area contributed by atoms with E-state index in [1.165, 1.54) is 20.9 Å². The number of nitrogens with one attached hydrogen (secondary N) is 7. The zero-order valence-corrected chi connectivity index (χ0v) is 42.6. The molecule has 4 unspecified atom stereocenters. The van der Waals surface area contributed by atoms with Crippen LogP contribution < -0.4 is 49.1 Å². The van der Waals surface area contributed by atoms with Crippen LogP contribution in [-0.4, -0.2) is 153 Å². The summed E-state index contributed by atoms with van der Waals surface area (Å²) >= 11 is 0. The van der Waals surface area contributed by atoms with Crippen molar-refractivity contribution < 1.29 is 48.6 Å². The Hall–Kier alpha value is -6.50. The maximum absolute atomic E-state index is 14.8. The lowest BCUT2D eigenvalue weighted by molar-refractivity contribution is -0.144. The molecule has 23 heteroatoms. The smallest absolute Gasteiger partial charge is 0.248 e. The van der Waals surface area contributed by atoms with Gasteiger partial charge in [0.15, 0.2) is 0 Å². The molecule has 73 heavy (non-hydrogen) atoms. The summed E-state index contributed by atoms with van der Waals surface area (Å²) in [6.45, 7) is 2.73. The minimum absolute atomic E-state index is 0.0145. The summed E-state index contributed by atoms with van der Waals surface area (Å²) in [4.78, 5) is 117. The number of H-pyrrole nitrogens is 1. The Morgan fingerprint density at radius 1 is 0.753 bits per heavy atom. The van der Waals surface area contributed by atoms with Gasteiger partial charge in [0.1, 0.15) is 42.3 Å². The molecule has 3 aromatic carbocycles. The summed E-state index contributed by atoms with van der Waals surface area (Å²) in [5, 5.41) is 38.2. The van der Waals surface area contributed by atoms with E-state index >= 15 is 0 Å². The van der Waals surface area contributed by atoms with E-state index in [4.69, 9.17) is 17.2 Å². The van der Waals surface area contributed by atoms with E-state index in [1.54, 1.807) is 60.8 Å². The number of aromatic amines is 1. The van der Waals surface area contributed by atoms with Gasteiger partial charge in [-0.2, -0.15) is 0 Å². The predicted molar refractivity (Wildman–Crippen MR) is 279 cm³/mol. The van der Waals surface area contributed by atoms with Crippen molar-refractivity contribution >= 4 is 79.7 Å². The molecular weight excluding hydrogens is 979 g/mol. The number of aliphatic hydroxyl groups is 2. The minimum Gasteiger partial charge on any atom is -0.391 e. The summed E-state index contributed by atoms with van der Waals surface area (Å²) in [7, 11) is 3.24. The number of hydrogen-bond acceptors (Lipinski definition) is 14. The highest BCUT2D eigenvalue weighted by Gasteiger charge is 2.39. The van der Waals surface area contributed by atoms with Gasteiger partial charge in [-0.25, -0.2) is 0 Å². The number of primary amides is 1. The third-order valence-electron chi connectivity index (χ3n) is 12.3. The van der Waals surface area contributed by atoms with E-state index in [2.05, 4.69) is 36.9 Å². The Labute approximate surface area is 431 Å². The molecule has 1 aromatic heterocycles. The second-order valence-corrected chi connectivity index (χ2v) is 20.5. The van der Waals surface area contributed by atoms with Crippen molar-refractivity contribution in [2.45, 2.75) is 113 Å². The number of unbranched alkanes of at least 4 members (excludes halogenated alkanes) is 1. The SMILES string of the molecule is CC(O)[C@H](NC(=O)C1CSSC[C@H](NC(=O)[C@H](N)Cc2ccccc2)C(=O)NC(Cc2ccccc2)C(=O)N[C@H](Cc2c[nH]c3ccccc23)C(=O)N[C@@H](CCCCN)C(=O)NC([C@@H](C)O)C(=O)N1C)C(N)=O. The molecule has 8 amide bonds. The summed E-state index contributed by atoms with van der Waals surface area (Å²) < 4.78 is 0. The maximum Gasteiger partial charge on any atom is 0.248 e. The van der Waals surface area contributed by atoms with Crippen molar-refractivity contribution in [1.82, 2.24) is 41.8 Å². The summed E-state index contributed by atoms with van der Waals surface area (Å²) in [6.07, 6.45) is -0.541. The summed E-state index contributed by atoms with van der Waals surface area (Å²) in [5.74, 6) is -7.32. The molecule has 0 aliphatic carbocycles. The Kier molecular flexibility index (Phi) is 22.1. The van der Waals surface area contributed by atoms with Crippen molar-refractivity contribution in [2.24, 2.45) is 17.2 Å². The molecule has 4 aromatic rings. The van der Waals surface area contributed by atoms with Crippen molar-refractivity contribution in [3.8, 4) is 0 Å². The fourth-order valence-electron chi connectivity index (χ4n) is 8.08. The molecule has 15 N–H and O–H groups in total. The van der Waals surface area contributed by atoms with Crippen LogP contribution in [0.3, 0.4) is 0 Å². The first-order valence-electron chi connectivity index (χ1n) is 24.0. The topological polar surface area (TPSA) is 346 Å². The first-order valence-corrected chi connectivity index (χ1v) is 26.4. The van der Waals surface area contributed by atoms with Crippen molar-refractivity contribution in [1.29, 1.82) is 0 Å². The number of rotatable bonds is 17. The normalized spacial score (nSPS) is 22.6. The molecule has 10 atom stereocenters. The number of nitrogens with two attached hydrogens (primary N) is 3. The lowest BCUT2D eigenvalue weighted by Gasteiger charge is -2.33. The second kappa shape index (κ2) is 28.1. The zero-order valence-electron chi connectivity index (χ0n) is 41.0. The molecule has 21 nitrogen and oxygen atoms in total. The number of likely N-dealkylation sites (N-methyl/N-ethyl adjacent to an activating group) is 1. The number of carbonyl (C=O) groups is 8. The average molecular weight is 1050 g/mol. The van der Waals surface area contributed by atoms with Gasteiger partial charge in [-0.15, -0.1) is 0 Å². The fourth-order valence-corrected chi connectivity index (χ4v) is 10.5. The Bertz CT molecular complexity index is 2520. The van der Waals surface area contributed by atoms with E-state index in [9.17, 15) is 48.6 Å². The number of aliphatic hydroxyl groups excluding tert-OH is 2. The van der Waals surface area contributed by atoms with Gasteiger partial charge in [0.25, 0.3) is 0 Å². The molecule has 1 fully saturated rings. The standard InChI is InChI=1S/C50H67N11O10S2/c1-28(62)41(43(53)64)59-49(70)40-27-73-72-26-39(58-44(65)34(52)22-30-14-6-4-7-15-30)48(69)56-37(23-31-16-8-5-9-17-31)46(67)57-38(24-32-25-54-35-19-11-10-18-33(32)35)47(68)55-36(20-12-13-21-51)45(66)60-42(29(2)63)50(71)61(40)3/h4-11,14-19,25,28-29,34,36-42,54,62-63H,12-13,20-24,26-27,51-52H2,1-3H3,(H2,53,64)(H,55,68)(H,56,69)(H,57,67)(H,58,65)(H,59,70)(H,60,66)/t28?,29-,34-,36+,37?,38-,39+,40?,41+,42?/m1/s1. The van der Waals surface area contributed by atoms with Crippen LogP contribution in [0.25, 0.3) is 10.9 Å². The number of benzene rings is 3. The molecule has 0 bridgehead atoms. The van der Waals surface area contributed by atoms with E-state index in [0.717, 1.165) is 43.0 Å². The number of fused-ring (bicyclic) bond motifs is 1. The highest BCUT2D eigenvalue weighted by atomic mass is 33.1. The number of nitrogens with zero attached hydrogens (tertiary/aromatic N) is 1. The molecule has 394 valence electrons. The van der Waals surface area contributed by atoms with Crippen LogP contribution in [0.15, 0.2) is 91.1 Å². The average Bonchev–Trinajstić information content (AvgIpc) is 3.77. The number of hydrogen-bond donors (Lipinski definition) is 12. The number of aromatic nitrogens is 1. The lowest BCUT2D eigenvalue weighted by atomic mass is 10.0. The van der Waals surface area contributed by atoms with Crippen LogP contribution in [0.4, 0.5) is 0 Å². The van der Waals surface area contributed by atoms with Gasteiger partial charge in [0, 0.05) is 48.5 Å². The summed E-state index contributed by atoms with van der Waals surface area (Å²) in [6, 6.07) is 13.9. The Morgan fingerprint density at radius 2 is 1.33 bits per heavy atom. The predicted octanol–water partition coefficient (Wildman–Crippen LogP) is -0.970. The number of amides is 8. The molecule has 0 spiro atoms. The third kappa shape index (κ3) is 16.8. The summed E-state index contributed by atoms with van der Waals surface area (Å²) in [5.41, 5.74) is 20.5. The molecule has 0 radical (unpaired) electrons. The van der Waals surface area contributed by atoms with Crippen LogP contribution in [0.5, 0.6) is 0 Å². The van der Waals surface area contributed by atoms with Gasteiger partial charge in [-0.1, -0.05) is 100 Å². The number of carbonyl (C=O) groups excluding carboxylic acids is 8. The van der Waals surface area contributed by atoms with E-state index in [0.29, 0.717) is 24.0 Å². The van der Waals surface area contributed by atoms with Gasteiger partial charge >= 0.3 is 0 Å². The molecule has 5 rings (SSSR count). The first-order chi connectivity index (χ1) is 34.9. The molecule has 1 aliphatic heterocycles. The minimum atomic E-state index is -1.70. The third-order valence-corrected chi connectivity index (χ3v) is 14.7. The first kappa shape index (κ1) is 57.4. The van der Waals surface area contributed by atoms with E-state index in [1.807, 2.05) is 30.3 Å². The number of para-hydroxylation sites is 1. The molecule has 1 saturated heterocycles. The zero-order chi connectivity index (χ0) is 53.2. The molecule has 1 aliphatic rings. The van der Waals surface area contributed by atoms with Gasteiger partial charge in [-0.05, 0) is 68.8 Å². The van der Waals surface area contributed by atoms with Crippen LogP contribution in [0.1, 0.15) is 49.8 Å². The van der Waals surface area contributed by atoms with E-state index in [-0.39, 0.29) is 43.7 Å².